The average molecular weight is 738 g/mol. The highest BCUT2D eigenvalue weighted by molar-refractivity contribution is 6.29. The lowest BCUT2D eigenvalue weighted by Crippen LogP contribution is -1.92. The summed E-state index contributed by atoms with van der Waals surface area (Å²) in [5.74, 6) is 3.40. The Balaban J connectivity index is 0.000000154. The van der Waals surface area contributed by atoms with Crippen molar-refractivity contribution >= 4 is 28.7 Å². The quantitative estimate of drug-likeness (QED) is 0.0702. The summed E-state index contributed by atoms with van der Waals surface area (Å²) < 4.78 is 56.0. The van der Waals surface area contributed by atoms with E-state index in [1.165, 1.54) is 54.9 Å². The number of aromatic amines is 1. The average Bonchev–Trinajstić information content (AvgIpc) is 3.70. The normalized spacial score (nSPS) is 10.1. The molecule has 16 heteroatoms. The number of ether oxygens (including phenoxy) is 3. The van der Waals surface area contributed by atoms with Crippen LogP contribution in [0.5, 0.6) is 34.5 Å². The molecule has 0 aliphatic rings. The van der Waals surface area contributed by atoms with Crippen LogP contribution in [-0.2, 0) is 0 Å². The van der Waals surface area contributed by atoms with Crippen LogP contribution in [0.3, 0.4) is 0 Å². The summed E-state index contributed by atoms with van der Waals surface area (Å²) in [6.07, 6.45) is 11.4. The number of H-pyrrole nitrogens is 1. The van der Waals surface area contributed by atoms with Crippen LogP contribution in [0.2, 0.25) is 5.15 Å². The molecule has 0 bridgehead atoms. The summed E-state index contributed by atoms with van der Waals surface area (Å²) >= 11 is 5.68. The van der Waals surface area contributed by atoms with E-state index in [-0.39, 0.29) is 17.1 Å². The predicted molar refractivity (Wildman–Crippen MR) is 194 cm³/mol. The van der Waals surface area contributed by atoms with E-state index in [1.54, 1.807) is 60.9 Å². The zero-order valence-electron chi connectivity index (χ0n) is 27.3. The highest BCUT2D eigenvalue weighted by Crippen LogP contribution is 2.28. The Morgan fingerprint density at radius 2 is 1.02 bits per heavy atom. The molecule has 0 aliphatic carbocycles. The third kappa shape index (κ3) is 10.8. The molecule has 4 heterocycles. The van der Waals surface area contributed by atoms with E-state index in [1.807, 2.05) is 0 Å². The fourth-order valence-electron chi connectivity index (χ4n) is 4.06. The standard InChI is InChI=1S/C13H10FN5O.C13H9FN2O.C11H8ClFN2O/c14-10-5-8(1-2-11(10)15)20-9-3-4-16-12(6-9)13-7-17-19-18-13;1-2-9-7-11(5-6-16-9)17-10-3-4-13(15)12(14)8-10;12-11-6-8(3-4-15-11)16-7-1-2-10(14)9(13)5-7/h1-7H,15H2,(H,17,18,19);1,3-8H,15H2;1-6H,14H2. The molecule has 7 N–H and O–H groups in total. The molecule has 3 aromatic carbocycles. The predicted octanol–water partition coefficient (Wildman–Crippen LogP) is 8.21. The van der Waals surface area contributed by atoms with Gasteiger partial charge in [0.05, 0.1) is 29.0 Å². The lowest BCUT2D eigenvalue weighted by Gasteiger charge is -2.07. The van der Waals surface area contributed by atoms with Gasteiger partial charge in [0.25, 0.3) is 0 Å². The van der Waals surface area contributed by atoms with Crippen molar-refractivity contribution in [3.8, 4) is 58.2 Å². The summed E-state index contributed by atoms with van der Waals surface area (Å²) in [5, 5.41) is 10.5. The Labute approximate surface area is 305 Å². The summed E-state index contributed by atoms with van der Waals surface area (Å²) in [7, 11) is 0. The molecule has 12 nitrogen and oxygen atoms in total. The first-order valence-corrected chi connectivity index (χ1v) is 15.5. The van der Waals surface area contributed by atoms with Gasteiger partial charge in [-0.25, -0.2) is 23.1 Å². The molecule has 7 rings (SSSR count). The second kappa shape index (κ2) is 17.6. The number of hydrogen-bond acceptors (Lipinski definition) is 11. The van der Waals surface area contributed by atoms with Gasteiger partial charge in [-0.2, -0.15) is 15.4 Å². The van der Waals surface area contributed by atoms with Crippen molar-refractivity contribution in [1.29, 1.82) is 0 Å². The minimum absolute atomic E-state index is 0.0790. The van der Waals surface area contributed by atoms with Crippen molar-refractivity contribution < 1.29 is 27.4 Å². The van der Waals surface area contributed by atoms with Gasteiger partial charge in [-0.3, -0.25) is 4.98 Å². The van der Waals surface area contributed by atoms with E-state index in [0.717, 1.165) is 0 Å². The zero-order chi connectivity index (χ0) is 37.7. The monoisotopic (exact) mass is 737 g/mol. The van der Waals surface area contributed by atoms with E-state index in [0.29, 0.717) is 56.7 Å². The van der Waals surface area contributed by atoms with Gasteiger partial charge in [0.2, 0.25) is 0 Å². The van der Waals surface area contributed by atoms with Crippen LogP contribution in [0.15, 0.2) is 116 Å². The number of hydrogen-bond donors (Lipinski definition) is 4. The maximum Gasteiger partial charge on any atom is 0.149 e. The van der Waals surface area contributed by atoms with E-state index in [9.17, 15) is 13.2 Å². The summed E-state index contributed by atoms with van der Waals surface area (Å²) in [4.78, 5) is 11.9. The van der Waals surface area contributed by atoms with Crippen molar-refractivity contribution in [3.05, 3.63) is 144 Å². The largest absolute Gasteiger partial charge is 0.457 e. The second-order valence-corrected chi connectivity index (χ2v) is 10.8. The molecule has 266 valence electrons. The Kier molecular flexibility index (Phi) is 12.2. The van der Waals surface area contributed by atoms with Crippen LogP contribution in [-0.4, -0.2) is 30.4 Å². The third-order valence-corrected chi connectivity index (χ3v) is 6.82. The molecule has 0 aliphatic heterocycles. The van der Waals surface area contributed by atoms with Gasteiger partial charge in [-0.05, 0) is 54.6 Å². The van der Waals surface area contributed by atoms with Crippen molar-refractivity contribution in [2.75, 3.05) is 17.2 Å². The number of nitrogens with zero attached hydrogens (tertiary/aromatic N) is 5. The van der Waals surface area contributed by atoms with Crippen molar-refractivity contribution in [1.82, 2.24) is 30.4 Å². The van der Waals surface area contributed by atoms with E-state index in [4.69, 9.17) is 49.4 Å². The number of nitrogens with one attached hydrogen (secondary N) is 1. The van der Waals surface area contributed by atoms with E-state index < -0.39 is 17.5 Å². The van der Waals surface area contributed by atoms with Gasteiger partial charge in [-0.15, -0.1) is 6.42 Å². The molecule has 0 atom stereocenters. The van der Waals surface area contributed by atoms with Crippen LogP contribution >= 0.6 is 11.6 Å². The number of benzene rings is 3. The second-order valence-electron chi connectivity index (χ2n) is 10.4. The van der Waals surface area contributed by atoms with Gasteiger partial charge in [0, 0.05) is 55.0 Å². The van der Waals surface area contributed by atoms with Gasteiger partial charge in [0.15, 0.2) is 0 Å². The Morgan fingerprint density at radius 3 is 1.47 bits per heavy atom. The van der Waals surface area contributed by atoms with Gasteiger partial charge in [0.1, 0.15) is 68.5 Å². The molecular weight excluding hydrogens is 711 g/mol. The van der Waals surface area contributed by atoms with Crippen LogP contribution in [0.4, 0.5) is 30.2 Å². The molecule has 0 amide bonds. The van der Waals surface area contributed by atoms with Crippen LogP contribution in [0.25, 0.3) is 11.4 Å². The smallest absolute Gasteiger partial charge is 0.149 e. The number of terminal acetylenes is 1. The molecule has 7 aromatic rings. The Morgan fingerprint density at radius 1 is 0.566 bits per heavy atom. The maximum atomic E-state index is 13.3. The first kappa shape index (κ1) is 37.0. The van der Waals surface area contributed by atoms with Crippen LogP contribution in [0.1, 0.15) is 5.69 Å². The number of rotatable bonds is 7. The SMILES string of the molecule is C#Cc1cc(Oc2ccc(N)c(F)c2)ccn1.Nc1ccc(Oc2ccnc(-c3cn[nH]n3)c2)cc1F.Nc1ccc(Oc2ccnc(Cl)c2)cc1F. The minimum Gasteiger partial charge on any atom is -0.457 e. The Hall–Kier alpha value is -7.31. The molecular formula is C37H27ClF3N9O3. The number of anilines is 3. The molecule has 0 unspecified atom stereocenters. The lowest BCUT2D eigenvalue weighted by atomic mass is 10.2. The molecule has 0 spiro atoms. The van der Waals surface area contributed by atoms with Crippen molar-refractivity contribution in [2.45, 2.75) is 0 Å². The van der Waals surface area contributed by atoms with Crippen molar-refractivity contribution in [3.63, 3.8) is 0 Å². The summed E-state index contributed by atoms with van der Waals surface area (Å²) in [6, 6.07) is 22.5. The Bertz CT molecular complexity index is 2360. The van der Waals surface area contributed by atoms with E-state index >= 15 is 0 Å². The number of aromatic nitrogens is 6. The minimum atomic E-state index is -0.520. The molecule has 4 aromatic heterocycles. The molecule has 53 heavy (non-hydrogen) atoms. The molecule has 0 radical (unpaired) electrons. The van der Waals surface area contributed by atoms with Gasteiger partial charge >= 0.3 is 0 Å². The number of pyridine rings is 3. The van der Waals surface area contributed by atoms with E-state index in [2.05, 4.69) is 36.3 Å². The van der Waals surface area contributed by atoms with Crippen molar-refractivity contribution in [2.24, 2.45) is 0 Å². The highest BCUT2D eigenvalue weighted by Gasteiger charge is 2.07. The summed E-state index contributed by atoms with van der Waals surface area (Å²) in [5.41, 5.74) is 18.0. The highest BCUT2D eigenvalue weighted by atomic mass is 35.5. The lowest BCUT2D eigenvalue weighted by molar-refractivity contribution is 0.476. The molecule has 0 fully saturated rings. The third-order valence-electron chi connectivity index (χ3n) is 6.61. The van der Waals surface area contributed by atoms with Gasteiger partial charge < -0.3 is 31.4 Å². The first-order valence-electron chi connectivity index (χ1n) is 15.1. The zero-order valence-corrected chi connectivity index (χ0v) is 28.0. The fraction of sp³-hybridized carbons (Fsp3) is 0. The summed E-state index contributed by atoms with van der Waals surface area (Å²) in [6.45, 7) is 0. The van der Waals surface area contributed by atoms with Gasteiger partial charge in [-0.1, -0.05) is 17.5 Å². The first-order chi connectivity index (χ1) is 25.6. The maximum absolute atomic E-state index is 13.3. The fourth-order valence-corrected chi connectivity index (χ4v) is 4.23. The molecule has 0 saturated carbocycles. The topological polar surface area (TPSA) is 186 Å². The number of halogens is 4. The number of nitrogen functional groups attached to an aromatic ring is 3. The molecule has 0 saturated heterocycles. The van der Waals surface area contributed by atoms with Crippen LogP contribution in [0, 0.1) is 29.8 Å². The van der Waals surface area contributed by atoms with Crippen LogP contribution < -0.4 is 31.4 Å². The number of nitrogens with two attached hydrogens (primary N) is 3.